The van der Waals surface area contributed by atoms with Crippen molar-refractivity contribution < 1.29 is 24.2 Å². The third-order valence-electron chi connectivity index (χ3n) is 4.68. The molecule has 5 N–H and O–H groups in total. The molecule has 0 aliphatic carbocycles. The van der Waals surface area contributed by atoms with Crippen LogP contribution in [-0.4, -0.2) is 64.9 Å². The molecule has 2 heterocycles. The topological polar surface area (TPSA) is 154 Å². The lowest BCUT2D eigenvalue weighted by molar-refractivity contribution is -0.136. The largest absolute Gasteiger partial charge is 0.505 e. The number of rotatable bonds is 9. The first-order chi connectivity index (χ1) is 13.7. The number of carbonyl (C=O) groups is 3. The molecule has 1 aromatic rings. The van der Waals surface area contributed by atoms with E-state index >= 15 is 0 Å². The van der Waals surface area contributed by atoms with Crippen molar-refractivity contribution in [2.45, 2.75) is 45.3 Å². The number of nitrogens with zero attached hydrogens (tertiary/aromatic N) is 1. The third-order valence-corrected chi connectivity index (χ3v) is 4.68. The summed E-state index contributed by atoms with van der Waals surface area (Å²) in [4.78, 5) is 40.8. The van der Waals surface area contributed by atoms with E-state index in [1.807, 2.05) is 0 Å². The quantitative estimate of drug-likeness (QED) is 0.364. The highest BCUT2D eigenvalue weighted by Crippen LogP contribution is 2.16. The Kier molecular flexibility index (Phi) is 7.66. The predicted octanol–water partition coefficient (Wildman–Crippen LogP) is -0.0288. The number of carbonyl (C=O) groups excluding carboxylic acids is 3. The van der Waals surface area contributed by atoms with E-state index in [0.717, 1.165) is 0 Å². The molecule has 1 aliphatic rings. The van der Waals surface area contributed by atoms with Crippen LogP contribution >= 0.6 is 0 Å². The van der Waals surface area contributed by atoms with Crippen LogP contribution in [0.1, 0.15) is 37.7 Å². The summed E-state index contributed by atoms with van der Waals surface area (Å²) < 4.78 is 5.13. The average molecular weight is 405 g/mol. The van der Waals surface area contributed by atoms with Gasteiger partial charge in [0.15, 0.2) is 5.69 Å². The summed E-state index contributed by atoms with van der Waals surface area (Å²) in [5, 5.41) is 25.9. The molecule has 1 aliphatic heterocycles. The van der Waals surface area contributed by atoms with Gasteiger partial charge in [-0.1, -0.05) is 6.92 Å². The minimum Gasteiger partial charge on any atom is -0.505 e. The zero-order valence-electron chi connectivity index (χ0n) is 16.7. The van der Waals surface area contributed by atoms with Gasteiger partial charge in [-0.05, 0) is 26.0 Å². The predicted molar refractivity (Wildman–Crippen MR) is 105 cm³/mol. The van der Waals surface area contributed by atoms with E-state index in [4.69, 9.17) is 10.1 Å². The fourth-order valence-corrected chi connectivity index (χ4v) is 2.91. The lowest BCUT2D eigenvalue weighted by Crippen LogP contribution is -2.60. The van der Waals surface area contributed by atoms with Crippen molar-refractivity contribution >= 4 is 23.4 Å². The molecule has 3 amide bonds. The average Bonchev–Trinajstić information content (AvgIpc) is 2.63. The molecule has 1 fully saturated rings. The van der Waals surface area contributed by atoms with Crippen LogP contribution in [0.25, 0.3) is 0 Å². The van der Waals surface area contributed by atoms with Crippen LogP contribution in [0.3, 0.4) is 0 Å². The van der Waals surface area contributed by atoms with Gasteiger partial charge >= 0.3 is 0 Å². The summed E-state index contributed by atoms with van der Waals surface area (Å²) in [7, 11) is 0. The number of pyridine rings is 1. The van der Waals surface area contributed by atoms with Crippen molar-refractivity contribution in [3.8, 4) is 5.75 Å². The number of hydrogen-bond donors (Lipinski definition) is 5. The monoisotopic (exact) mass is 405 g/mol. The second-order valence-corrected chi connectivity index (χ2v) is 7.00. The fraction of sp³-hybridized carbons (Fsp3) is 0.526. The molecule has 1 saturated heterocycles. The maximum absolute atomic E-state index is 12.8. The van der Waals surface area contributed by atoms with Crippen molar-refractivity contribution in [3.05, 3.63) is 24.0 Å². The third kappa shape index (κ3) is 5.74. The number of ether oxygens (including phenoxy) is 1. The van der Waals surface area contributed by atoms with Gasteiger partial charge in [0, 0.05) is 24.2 Å². The minimum absolute atomic E-state index is 0.114. The van der Waals surface area contributed by atoms with Crippen LogP contribution in [0.15, 0.2) is 18.3 Å². The van der Waals surface area contributed by atoms with Crippen molar-refractivity contribution in [2.75, 3.05) is 13.2 Å². The van der Waals surface area contributed by atoms with Gasteiger partial charge in [-0.15, -0.1) is 0 Å². The van der Waals surface area contributed by atoms with Crippen LogP contribution in [0, 0.1) is 11.3 Å². The van der Waals surface area contributed by atoms with Crippen LogP contribution in [0.4, 0.5) is 0 Å². The Morgan fingerprint density at radius 1 is 1.31 bits per heavy atom. The van der Waals surface area contributed by atoms with Gasteiger partial charge in [0.05, 0.1) is 25.3 Å². The number of hydrogen-bond acceptors (Lipinski definition) is 7. The first-order valence-electron chi connectivity index (χ1n) is 9.42. The van der Waals surface area contributed by atoms with Crippen LogP contribution < -0.4 is 16.0 Å². The minimum atomic E-state index is -0.826. The Morgan fingerprint density at radius 2 is 2.00 bits per heavy atom. The smallest absolute Gasteiger partial charge is 0.274 e. The Labute approximate surface area is 168 Å². The summed E-state index contributed by atoms with van der Waals surface area (Å²) in [6, 6.07) is 0.607. The molecule has 0 bridgehead atoms. The molecule has 3 atom stereocenters. The molecule has 10 nitrogen and oxygen atoms in total. The second kappa shape index (κ2) is 9.97. The molecule has 1 aromatic heterocycles. The number of nitrogens with one attached hydrogen (secondary N) is 4. The molecule has 0 saturated carbocycles. The number of amides is 3. The Morgan fingerprint density at radius 3 is 2.52 bits per heavy atom. The molecule has 0 radical (unpaired) electrons. The lowest BCUT2D eigenvalue weighted by atomic mass is 9.96. The van der Waals surface area contributed by atoms with Gasteiger partial charge < -0.3 is 31.2 Å². The first-order valence-corrected chi connectivity index (χ1v) is 9.42. The highest BCUT2D eigenvalue weighted by Gasteiger charge is 2.36. The summed E-state index contributed by atoms with van der Waals surface area (Å²) >= 11 is 0. The van der Waals surface area contributed by atoms with Crippen molar-refractivity contribution in [1.82, 2.24) is 20.9 Å². The van der Waals surface area contributed by atoms with E-state index in [0.29, 0.717) is 13.2 Å². The summed E-state index contributed by atoms with van der Waals surface area (Å²) in [5.41, 5.74) is -0.0559. The van der Waals surface area contributed by atoms with Gasteiger partial charge in [-0.3, -0.25) is 14.4 Å². The van der Waals surface area contributed by atoms with Crippen LogP contribution in [0.5, 0.6) is 5.75 Å². The maximum Gasteiger partial charge on any atom is 0.274 e. The molecule has 0 spiro atoms. The van der Waals surface area contributed by atoms with Gasteiger partial charge in [0.25, 0.3) is 5.91 Å². The SMILES string of the molecule is CCC(=O)NC(C(=O)NC(C)C(NC(=O)c1ncccc1O)C(C)=N)C1COC1. The van der Waals surface area contributed by atoms with Crippen LogP contribution in [0.2, 0.25) is 0 Å². The zero-order valence-corrected chi connectivity index (χ0v) is 16.7. The number of aromatic nitrogens is 1. The van der Waals surface area contributed by atoms with E-state index in [1.165, 1.54) is 25.3 Å². The zero-order chi connectivity index (χ0) is 21.6. The Balaban J connectivity index is 2.07. The van der Waals surface area contributed by atoms with E-state index in [9.17, 15) is 19.5 Å². The van der Waals surface area contributed by atoms with Gasteiger partial charge in [-0.2, -0.15) is 0 Å². The fourth-order valence-electron chi connectivity index (χ4n) is 2.91. The first kappa shape index (κ1) is 22.3. The maximum atomic E-state index is 12.8. The summed E-state index contributed by atoms with van der Waals surface area (Å²) in [6.45, 7) is 5.59. The summed E-state index contributed by atoms with van der Waals surface area (Å²) in [6.07, 6.45) is 1.62. The lowest BCUT2D eigenvalue weighted by Gasteiger charge is -2.34. The van der Waals surface area contributed by atoms with Crippen molar-refractivity contribution in [3.63, 3.8) is 0 Å². The van der Waals surface area contributed by atoms with E-state index in [1.54, 1.807) is 13.8 Å². The standard InChI is InChI=1S/C19H27N5O5/c1-4-14(26)23-16(12-8-29-9-12)18(27)22-11(3)15(10(2)20)24-19(28)17-13(25)6-5-7-21-17/h5-7,11-12,15-16,20,25H,4,8-9H2,1-3H3,(H,22,27)(H,23,26)(H,24,28). The van der Waals surface area contributed by atoms with E-state index in [2.05, 4.69) is 20.9 Å². The highest BCUT2D eigenvalue weighted by atomic mass is 16.5. The molecular formula is C19H27N5O5. The molecule has 2 rings (SSSR count). The highest BCUT2D eigenvalue weighted by molar-refractivity contribution is 5.99. The molecule has 10 heteroatoms. The molecule has 158 valence electrons. The number of aromatic hydroxyl groups is 1. The van der Waals surface area contributed by atoms with E-state index in [-0.39, 0.29) is 35.4 Å². The molecule has 29 heavy (non-hydrogen) atoms. The van der Waals surface area contributed by atoms with Gasteiger partial charge in [0.2, 0.25) is 11.8 Å². The van der Waals surface area contributed by atoms with Crippen molar-refractivity contribution in [2.24, 2.45) is 5.92 Å². The Hall–Kier alpha value is -3.01. The normalized spacial score (nSPS) is 16.7. The molecule has 3 unspecified atom stereocenters. The van der Waals surface area contributed by atoms with Gasteiger partial charge in [0.1, 0.15) is 11.8 Å². The van der Waals surface area contributed by atoms with E-state index < -0.39 is 29.9 Å². The molecule has 0 aromatic carbocycles. The Bertz CT molecular complexity index is 780. The molecular weight excluding hydrogens is 378 g/mol. The second-order valence-electron chi connectivity index (χ2n) is 7.00. The summed E-state index contributed by atoms with van der Waals surface area (Å²) in [5.74, 6) is -1.73. The van der Waals surface area contributed by atoms with Crippen LogP contribution in [-0.2, 0) is 14.3 Å². The van der Waals surface area contributed by atoms with Crippen molar-refractivity contribution in [1.29, 1.82) is 5.41 Å². The van der Waals surface area contributed by atoms with Gasteiger partial charge in [-0.25, -0.2) is 4.98 Å².